The van der Waals surface area contributed by atoms with Gasteiger partial charge >= 0.3 is 0 Å². The summed E-state index contributed by atoms with van der Waals surface area (Å²) in [6.45, 7) is 3.87. The van der Waals surface area contributed by atoms with Crippen LogP contribution in [0.4, 0.5) is 5.82 Å². The minimum Gasteiger partial charge on any atom is -0.497 e. The van der Waals surface area contributed by atoms with E-state index in [2.05, 4.69) is 52.3 Å². The number of aromatic nitrogens is 2. The summed E-state index contributed by atoms with van der Waals surface area (Å²) in [7, 11) is 5.99. The van der Waals surface area contributed by atoms with Crippen LogP contribution in [0.25, 0.3) is 0 Å². The molecule has 1 aliphatic heterocycles. The third-order valence-corrected chi connectivity index (χ3v) is 4.60. The second kappa shape index (κ2) is 6.54. The minimum atomic E-state index is 0.444. The summed E-state index contributed by atoms with van der Waals surface area (Å²) in [6, 6.07) is 13.0. The molecule has 0 saturated carbocycles. The molecule has 3 rings (SSSR count). The molecule has 1 saturated heterocycles. The zero-order chi connectivity index (χ0) is 16.4. The highest BCUT2D eigenvalue weighted by Crippen LogP contribution is 2.33. The molecule has 1 aliphatic rings. The molecule has 0 amide bonds. The number of rotatable bonds is 4. The number of aryl methyl sites for hydroxylation is 1. The second-order valence-corrected chi connectivity index (χ2v) is 6.35. The highest BCUT2D eigenvalue weighted by Gasteiger charge is 2.35. The molecule has 2 aromatic rings. The number of benzene rings is 1. The summed E-state index contributed by atoms with van der Waals surface area (Å²) in [6.07, 6.45) is 0. The van der Waals surface area contributed by atoms with Crippen molar-refractivity contribution in [3.8, 4) is 5.75 Å². The van der Waals surface area contributed by atoms with Gasteiger partial charge in [0.05, 0.1) is 12.8 Å². The van der Waals surface area contributed by atoms with Crippen LogP contribution in [-0.4, -0.2) is 55.4 Å². The fourth-order valence-corrected chi connectivity index (χ4v) is 3.24. The molecule has 0 aliphatic carbocycles. The van der Waals surface area contributed by atoms with Gasteiger partial charge in [0.25, 0.3) is 0 Å². The normalized spacial score (nSPS) is 21.0. The number of methoxy groups -OCH3 is 1. The third-order valence-electron chi connectivity index (χ3n) is 4.60. The lowest BCUT2D eigenvalue weighted by Crippen LogP contribution is -2.34. The van der Waals surface area contributed by atoms with Crippen molar-refractivity contribution < 1.29 is 4.74 Å². The van der Waals surface area contributed by atoms with E-state index in [0.29, 0.717) is 12.0 Å². The van der Waals surface area contributed by atoms with Crippen molar-refractivity contribution >= 4 is 5.82 Å². The van der Waals surface area contributed by atoms with Gasteiger partial charge in [-0.2, -0.15) is 5.10 Å². The lowest BCUT2D eigenvalue weighted by Gasteiger charge is -2.25. The van der Waals surface area contributed by atoms with Crippen LogP contribution in [0.3, 0.4) is 0 Å². The molecule has 5 heteroatoms. The first kappa shape index (κ1) is 15.7. The van der Waals surface area contributed by atoms with E-state index in [4.69, 9.17) is 4.74 Å². The van der Waals surface area contributed by atoms with E-state index in [9.17, 15) is 0 Å². The molecule has 2 heterocycles. The monoisotopic (exact) mass is 312 g/mol. The average molecular weight is 312 g/mol. The maximum absolute atomic E-state index is 5.27. The Morgan fingerprint density at radius 1 is 1.04 bits per heavy atom. The Kier molecular flexibility index (Phi) is 4.48. The SMILES string of the molecule is COc1ccc([C@@H]2CN(c3ccc(C)nn3)C[C@H]2N(C)C)cc1. The Bertz CT molecular complexity index is 639. The van der Waals surface area contributed by atoms with Crippen LogP contribution in [0, 0.1) is 6.92 Å². The predicted octanol–water partition coefficient (Wildman–Crippen LogP) is 2.33. The minimum absolute atomic E-state index is 0.444. The Morgan fingerprint density at radius 2 is 1.78 bits per heavy atom. The van der Waals surface area contributed by atoms with E-state index in [-0.39, 0.29) is 0 Å². The van der Waals surface area contributed by atoms with E-state index in [1.54, 1.807) is 7.11 Å². The van der Waals surface area contributed by atoms with Gasteiger partial charge in [0, 0.05) is 25.0 Å². The lowest BCUT2D eigenvalue weighted by atomic mass is 9.93. The zero-order valence-corrected chi connectivity index (χ0v) is 14.2. The predicted molar refractivity (Wildman–Crippen MR) is 92.2 cm³/mol. The van der Waals surface area contributed by atoms with Crippen LogP contribution < -0.4 is 9.64 Å². The molecule has 0 spiro atoms. The Labute approximate surface area is 137 Å². The molecular weight excluding hydrogens is 288 g/mol. The largest absolute Gasteiger partial charge is 0.497 e. The van der Waals surface area contributed by atoms with Crippen LogP contribution in [-0.2, 0) is 0 Å². The van der Waals surface area contributed by atoms with Gasteiger partial charge < -0.3 is 14.5 Å². The van der Waals surface area contributed by atoms with Crippen molar-refractivity contribution in [2.75, 3.05) is 39.2 Å². The fraction of sp³-hybridized carbons (Fsp3) is 0.444. The highest BCUT2D eigenvalue weighted by molar-refractivity contribution is 5.43. The number of anilines is 1. The first-order valence-corrected chi connectivity index (χ1v) is 7.94. The van der Waals surface area contributed by atoms with Crippen LogP contribution in [0.15, 0.2) is 36.4 Å². The summed E-state index contributed by atoms with van der Waals surface area (Å²) < 4.78 is 5.27. The van der Waals surface area contributed by atoms with E-state index >= 15 is 0 Å². The van der Waals surface area contributed by atoms with E-state index in [1.807, 2.05) is 25.1 Å². The van der Waals surface area contributed by atoms with Crippen molar-refractivity contribution in [1.29, 1.82) is 0 Å². The maximum atomic E-state index is 5.27. The van der Waals surface area contributed by atoms with Gasteiger partial charge in [0.15, 0.2) is 5.82 Å². The molecule has 2 atom stereocenters. The number of likely N-dealkylation sites (N-methyl/N-ethyl adjacent to an activating group) is 1. The first-order valence-electron chi connectivity index (χ1n) is 7.94. The summed E-state index contributed by atoms with van der Waals surface area (Å²) in [4.78, 5) is 4.63. The second-order valence-electron chi connectivity index (χ2n) is 6.35. The maximum Gasteiger partial charge on any atom is 0.151 e. The van der Waals surface area contributed by atoms with Crippen LogP contribution >= 0.6 is 0 Å². The third kappa shape index (κ3) is 3.29. The zero-order valence-electron chi connectivity index (χ0n) is 14.2. The van der Waals surface area contributed by atoms with Gasteiger partial charge in [-0.15, -0.1) is 5.10 Å². The van der Waals surface area contributed by atoms with Crippen molar-refractivity contribution in [2.45, 2.75) is 18.9 Å². The molecule has 1 aromatic heterocycles. The van der Waals surface area contributed by atoms with Crippen LogP contribution in [0.2, 0.25) is 0 Å². The van der Waals surface area contributed by atoms with Crippen LogP contribution in [0.5, 0.6) is 5.75 Å². The van der Waals surface area contributed by atoms with E-state index in [0.717, 1.165) is 30.4 Å². The molecule has 0 bridgehead atoms. The standard InChI is InChI=1S/C18H24N4O/c1-13-5-10-18(20-19-13)22-11-16(17(12-22)21(2)3)14-6-8-15(23-4)9-7-14/h5-10,16-17H,11-12H2,1-4H3/t16-,17+/m0/s1. The quantitative estimate of drug-likeness (QED) is 0.867. The van der Waals surface area contributed by atoms with Crippen molar-refractivity contribution in [2.24, 2.45) is 0 Å². The van der Waals surface area contributed by atoms with Gasteiger partial charge in [-0.25, -0.2) is 0 Å². The van der Waals surface area contributed by atoms with Gasteiger partial charge in [-0.1, -0.05) is 12.1 Å². The fourth-order valence-electron chi connectivity index (χ4n) is 3.24. The number of hydrogen-bond acceptors (Lipinski definition) is 5. The Morgan fingerprint density at radius 3 is 2.35 bits per heavy atom. The number of ether oxygens (including phenoxy) is 1. The summed E-state index contributed by atoms with van der Waals surface area (Å²) in [5.41, 5.74) is 2.29. The molecule has 0 radical (unpaired) electrons. The molecule has 1 aromatic carbocycles. The van der Waals surface area contributed by atoms with Gasteiger partial charge in [-0.05, 0) is 50.8 Å². The lowest BCUT2D eigenvalue weighted by molar-refractivity contribution is 0.292. The molecular formula is C18H24N4O. The molecule has 5 nitrogen and oxygen atoms in total. The number of hydrogen-bond donors (Lipinski definition) is 0. The Hall–Kier alpha value is -2.14. The molecule has 0 unspecified atom stereocenters. The molecule has 1 fully saturated rings. The van der Waals surface area contributed by atoms with Crippen molar-refractivity contribution in [3.05, 3.63) is 47.7 Å². The van der Waals surface area contributed by atoms with Gasteiger partial charge in [0.1, 0.15) is 5.75 Å². The molecule has 0 N–H and O–H groups in total. The smallest absolute Gasteiger partial charge is 0.151 e. The van der Waals surface area contributed by atoms with Crippen molar-refractivity contribution in [3.63, 3.8) is 0 Å². The average Bonchev–Trinajstić information content (AvgIpc) is 3.01. The first-order chi connectivity index (χ1) is 11.1. The topological polar surface area (TPSA) is 41.5 Å². The Balaban J connectivity index is 1.84. The molecule has 122 valence electrons. The highest BCUT2D eigenvalue weighted by atomic mass is 16.5. The summed E-state index contributed by atoms with van der Waals surface area (Å²) >= 11 is 0. The summed E-state index contributed by atoms with van der Waals surface area (Å²) in [5, 5.41) is 8.54. The van der Waals surface area contributed by atoms with Crippen molar-refractivity contribution in [1.82, 2.24) is 15.1 Å². The molecule has 23 heavy (non-hydrogen) atoms. The summed E-state index contributed by atoms with van der Waals surface area (Å²) in [5.74, 6) is 2.30. The van der Waals surface area contributed by atoms with Gasteiger partial charge in [0.2, 0.25) is 0 Å². The van der Waals surface area contributed by atoms with E-state index < -0.39 is 0 Å². The van der Waals surface area contributed by atoms with Crippen LogP contribution in [0.1, 0.15) is 17.2 Å². The number of nitrogens with zero attached hydrogens (tertiary/aromatic N) is 4. The van der Waals surface area contributed by atoms with E-state index in [1.165, 1.54) is 5.56 Å². The van der Waals surface area contributed by atoms with Gasteiger partial charge in [-0.3, -0.25) is 0 Å².